The van der Waals surface area contributed by atoms with Gasteiger partial charge in [-0.1, -0.05) is 64.8 Å². The Hall–Kier alpha value is -4.61. The second-order valence-corrected chi connectivity index (χ2v) is 15.6. The Bertz CT molecular complexity index is 2290. The fourth-order valence-electron chi connectivity index (χ4n) is 7.23. The van der Waals surface area contributed by atoms with Crippen LogP contribution < -0.4 is 5.48 Å². The molecule has 0 saturated carbocycles. The lowest BCUT2D eigenvalue weighted by atomic mass is 9.82. The molecule has 14 nitrogen and oxygen atoms in total. The second kappa shape index (κ2) is 19.4. The Morgan fingerprint density at radius 1 is 0.466 bits per heavy atom. The molecule has 4 amide bonds. The molecule has 2 aliphatic rings. The van der Waals surface area contributed by atoms with Crippen LogP contribution in [0.4, 0.5) is 0 Å². The van der Waals surface area contributed by atoms with E-state index in [4.69, 9.17) is 18.9 Å². The molecule has 5 aromatic carbocycles. The SMILES string of the molecule is CCCC.CCCOCCOCCN1C(=O)c2ccc3c4ccc5c6c(ccc(c7ccc(c2c37)C1=O)c64)C(=O)N(CCOCCOCCS(=O)(=O)ONCC)C5=O. The third kappa shape index (κ3) is 8.71. The molecule has 7 rings (SSSR count). The summed E-state index contributed by atoms with van der Waals surface area (Å²) in [6.45, 7) is 10.5. The summed E-state index contributed by atoms with van der Waals surface area (Å²) in [6, 6.07) is 14.4. The van der Waals surface area contributed by atoms with Gasteiger partial charge in [0.1, 0.15) is 5.75 Å². The van der Waals surface area contributed by atoms with E-state index in [-0.39, 0.29) is 63.7 Å². The number of fused-ring (bicyclic) bond motifs is 2. The number of carbonyl (C=O) groups is 4. The van der Waals surface area contributed by atoms with E-state index >= 15 is 0 Å². The molecular weight excluding hydrogens is 767 g/mol. The molecule has 1 N–H and O–H groups in total. The second-order valence-electron chi connectivity index (χ2n) is 14.0. The lowest BCUT2D eigenvalue weighted by Crippen LogP contribution is -2.42. The summed E-state index contributed by atoms with van der Waals surface area (Å²) in [5.74, 6) is -1.96. The maximum atomic E-state index is 13.8. The molecule has 0 aliphatic carbocycles. The van der Waals surface area contributed by atoms with Gasteiger partial charge >= 0.3 is 0 Å². The summed E-state index contributed by atoms with van der Waals surface area (Å²) in [5.41, 5.74) is 3.95. The lowest BCUT2D eigenvalue weighted by Gasteiger charge is -2.30. The summed E-state index contributed by atoms with van der Waals surface area (Å²) < 4.78 is 50.0. The van der Waals surface area contributed by atoms with Crippen molar-refractivity contribution in [3.63, 3.8) is 0 Å². The number of amides is 4. The van der Waals surface area contributed by atoms with Gasteiger partial charge < -0.3 is 18.9 Å². The number of rotatable bonds is 21. The molecule has 0 spiro atoms. The van der Waals surface area contributed by atoms with Gasteiger partial charge in [0.2, 0.25) is 0 Å². The van der Waals surface area contributed by atoms with Gasteiger partial charge in [-0.2, -0.15) is 18.2 Å². The molecule has 0 unspecified atom stereocenters. The van der Waals surface area contributed by atoms with Crippen molar-refractivity contribution in [2.75, 3.05) is 78.2 Å². The van der Waals surface area contributed by atoms with E-state index in [1.807, 2.05) is 31.2 Å². The third-order valence-corrected chi connectivity index (χ3v) is 11.2. The Morgan fingerprint density at radius 3 is 1.17 bits per heavy atom. The van der Waals surface area contributed by atoms with E-state index in [1.54, 1.807) is 31.2 Å². The van der Waals surface area contributed by atoms with Crippen molar-refractivity contribution in [2.24, 2.45) is 0 Å². The first-order valence-corrected chi connectivity index (χ1v) is 21.5. The quantitative estimate of drug-likeness (QED) is 0.0299. The predicted molar refractivity (Wildman–Crippen MR) is 221 cm³/mol. The van der Waals surface area contributed by atoms with Crippen LogP contribution in [0, 0.1) is 0 Å². The molecule has 310 valence electrons. The van der Waals surface area contributed by atoms with Gasteiger partial charge in [0.05, 0.1) is 59.3 Å². The Morgan fingerprint density at radius 2 is 0.828 bits per heavy atom. The maximum Gasteiger partial charge on any atom is 0.285 e. The van der Waals surface area contributed by atoms with Gasteiger partial charge in [0.15, 0.2) is 0 Å². The lowest BCUT2D eigenvalue weighted by molar-refractivity contribution is 0.0337. The van der Waals surface area contributed by atoms with Crippen molar-refractivity contribution in [1.29, 1.82) is 0 Å². The van der Waals surface area contributed by atoms with Crippen LogP contribution >= 0.6 is 0 Å². The molecule has 2 heterocycles. The maximum absolute atomic E-state index is 13.8. The molecule has 0 fully saturated rings. The van der Waals surface area contributed by atoms with E-state index in [0.717, 1.165) is 38.7 Å². The monoisotopic (exact) mass is 817 g/mol. The minimum absolute atomic E-state index is 0.0132. The highest BCUT2D eigenvalue weighted by molar-refractivity contribution is 7.86. The highest BCUT2D eigenvalue weighted by Crippen LogP contribution is 2.46. The largest absolute Gasteiger partial charge is 0.379 e. The van der Waals surface area contributed by atoms with Crippen LogP contribution in [-0.4, -0.2) is 120 Å². The van der Waals surface area contributed by atoms with Crippen LogP contribution in [0.5, 0.6) is 0 Å². The summed E-state index contributed by atoms with van der Waals surface area (Å²) >= 11 is 0. The van der Waals surface area contributed by atoms with Crippen LogP contribution in [0.15, 0.2) is 48.5 Å². The van der Waals surface area contributed by atoms with Crippen LogP contribution in [0.1, 0.15) is 88.4 Å². The van der Waals surface area contributed by atoms with E-state index in [2.05, 4.69) is 23.6 Å². The van der Waals surface area contributed by atoms with Crippen molar-refractivity contribution in [3.8, 4) is 0 Å². The number of imide groups is 2. The highest BCUT2D eigenvalue weighted by atomic mass is 32.2. The summed E-state index contributed by atoms with van der Waals surface area (Å²) in [6.07, 6.45) is 3.55. The smallest absolute Gasteiger partial charge is 0.285 e. The third-order valence-electron chi connectivity index (χ3n) is 10.1. The number of unbranched alkanes of at least 4 members (excludes halogenated alkanes) is 1. The number of ether oxygens (including phenoxy) is 4. The van der Waals surface area contributed by atoms with Crippen LogP contribution in [0.25, 0.3) is 43.1 Å². The van der Waals surface area contributed by atoms with Crippen molar-refractivity contribution in [2.45, 2.75) is 47.0 Å². The standard InChI is InChI=1S/C39H41N3O11S.C4H10/c1-3-15-49-18-19-50-16-13-41-36(43)28-9-5-24-26-7-11-30-35-31(12-8-27(33(26)35)25-6-10-29(37(41)44)34(28)32(24)25)39(46)42(38(30)45)14-17-51-20-21-52-22-23-54(47,48)53-40-4-2;1-3-4-2/h5-12,40H,3-4,13-23H2,1-2H3;3-4H2,1-2H3. The van der Waals surface area contributed by atoms with Gasteiger partial charge in [-0.25, -0.2) is 0 Å². The zero-order valence-corrected chi connectivity index (χ0v) is 34.3. The molecule has 0 atom stereocenters. The number of nitrogens with zero attached hydrogens (tertiary/aromatic N) is 2. The molecule has 0 aromatic heterocycles. The van der Waals surface area contributed by atoms with Crippen molar-refractivity contribution in [1.82, 2.24) is 15.3 Å². The average Bonchev–Trinajstić information content (AvgIpc) is 3.23. The van der Waals surface area contributed by atoms with E-state index in [1.165, 1.54) is 22.6 Å². The van der Waals surface area contributed by atoms with Crippen molar-refractivity contribution < 1.29 is 50.8 Å². The van der Waals surface area contributed by atoms with Gasteiger partial charge in [-0.3, -0.25) is 29.0 Å². The van der Waals surface area contributed by atoms with Crippen LogP contribution in [0.2, 0.25) is 0 Å². The zero-order valence-electron chi connectivity index (χ0n) is 33.5. The summed E-state index contributed by atoms with van der Waals surface area (Å²) in [5, 5.41) is 5.95. The molecule has 0 saturated heterocycles. The highest BCUT2D eigenvalue weighted by Gasteiger charge is 2.36. The molecular formula is C43H51N3O11S. The first-order valence-electron chi connectivity index (χ1n) is 20.0. The zero-order chi connectivity index (χ0) is 41.4. The molecule has 15 heteroatoms. The number of hydrogen-bond acceptors (Lipinski definition) is 12. The molecule has 5 aromatic rings. The van der Waals surface area contributed by atoms with Crippen molar-refractivity contribution >= 4 is 76.8 Å². The minimum atomic E-state index is -3.74. The number of nitrogens with one attached hydrogen (secondary N) is 1. The van der Waals surface area contributed by atoms with Gasteiger partial charge in [-0.15, -0.1) is 0 Å². The number of carbonyl (C=O) groups excluding carboxylic acids is 4. The van der Waals surface area contributed by atoms with E-state index < -0.39 is 21.9 Å². The van der Waals surface area contributed by atoms with E-state index in [9.17, 15) is 27.6 Å². The minimum Gasteiger partial charge on any atom is -0.379 e. The molecule has 2 aliphatic heterocycles. The average molecular weight is 818 g/mol. The van der Waals surface area contributed by atoms with Gasteiger partial charge in [-0.05, 0) is 63.0 Å². The normalized spacial score (nSPS) is 14.1. The number of hydroxylamine groups is 1. The van der Waals surface area contributed by atoms with Crippen molar-refractivity contribution in [3.05, 3.63) is 70.8 Å². The Labute approximate surface area is 338 Å². The fourth-order valence-corrected chi connectivity index (χ4v) is 7.93. The predicted octanol–water partition coefficient (Wildman–Crippen LogP) is 6.08. The molecule has 58 heavy (non-hydrogen) atoms. The van der Waals surface area contributed by atoms with Crippen LogP contribution in [0.3, 0.4) is 0 Å². The Kier molecular flexibility index (Phi) is 14.4. The first kappa shape index (κ1) is 43.0. The summed E-state index contributed by atoms with van der Waals surface area (Å²) in [4.78, 5) is 57.5. The van der Waals surface area contributed by atoms with Crippen LogP contribution in [-0.2, 0) is 33.3 Å². The molecule has 0 radical (unpaired) electrons. The van der Waals surface area contributed by atoms with Gasteiger partial charge in [0.25, 0.3) is 33.7 Å². The molecule has 0 bridgehead atoms. The number of hydrogen-bond donors (Lipinski definition) is 1. The fraction of sp³-hybridized carbons (Fsp3) is 0.442. The number of benzene rings is 5. The Balaban J connectivity index is 0.00000135. The summed E-state index contributed by atoms with van der Waals surface area (Å²) in [7, 11) is -3.74. The van der Waals surface area contributed by atoms with Gasteiger partial charge in [0, 0.05) is 46.2 Å². The topological polar surface area (TPSA) is 167 Å². The first-order chi connectivity index (χ1) is 28.1. The van der Waals surface area contributed by atoms with E-state index in [0.29, 0.717) is 59.4 Å².